The van der Waals surface area contributed by atoms with Gasteiger partial charge in [0.15, 0.2) is 0 Å². The van der Waals surface area contributed by atoms with Gasteiger partial charge < -0.3 is 16.0 Å². The summed E-state index contributed by atoms with van der Waals surface area (Å²) in [6.45, 7) is 6.49. The van der Waals surface area contributed by atoms with Crippen LogP contribution in [0.5, 0.6) is 0 Å². The molecule has 2 amide bonds. The highest BCUT2D eigenvalue weighted by atomic mass is 16.2. The molecule has 0 radical (unpaired) electrons. The molecule has 1 saturated carbocycles. The Hall–Kier alpha value is -1.10. The summed E-state index contributed by atoms with van der Waals surface area (Å²) in [6.07, 6.45) is 2.02. The lowest BCUT2D eigenvalue weighted by Crippen LogP contribution is -2.39. The second kappa shape index (κ2) is 7.27. The summed E-state index contributed by atoms with van der Waals surface area (Å²) in [7, 11) is 0. The molecule has 5 nitrogen and oxygen atoms in total. The summed E-state index contributed by atoms with van der Waals surface area (Å²) in [5, 5.41) is 8.76. The molecule has 5 heteroatoms. The van der Waals surface area contributed by atoms with Crippen LogP contribution < -0.4 is 16.0 Å². The average Bonchev–Trinajstić information content (AvgIpc) is 3.14. The van der Waals surface area contributed by atoms with E-state index in [1.165, 1.54) is 0 Å². The van der Waals surface area contributed by atoms with E-state index in [0.29, 0.717) is 19.6 Å². The second-order valence-corrected chi connectivity index (χ2v) is 4.57. The molecule has 0 saturated heterocycles. The number of hydrogen-bond acceptors (Lipinski definition) is 3. The molecule has 3 N–H and O–H groups in total. The zero-order chi connectivity index (χ0) is 12.7. The molecule has 1 rings (SSSR count). The summed E-state index contributed by atoms with van der Waals surface area (Å²) in [5.41, 5.74) is 0. The van der Waals surface area contributed by atoms with E-state index >= 15 is 0 Å². The number of rotatable bonds is 8. The third kappa shape index (κ3) is 5.68. The quantitative estimate of drug-likeness (QED) is 0.519. The van der Waals surface area contributed by atoms with Gasteiger partial charge in [0.05, 0.1) is 0 Å². The largest absolute Gasteiger partial charge is 0.354 e. The number of nitrogens with one attached hydrogen (secondary N) is 3. The van der Waals surface area contributed by atoms with Crippen molar-refractivity contribution in [1.29, 1.82) is 0 Å². The van der Waals surface area contributed by atoms with E-state index < -0.39 is 0 Å². The van der Waals surface area contributed by atoms with E-state index in [9.17, 15) is 9.59 Å². The lowest BCUT2D eigenvalue weighted by molar-refractivity contribution is -0.125. The Morgan fingerprint density at radius 3 is 2.47 bits per heavy atom. The summed E-state index contributed by atoms with van der Waals surface area (Å²) < 4.78 is 0. The first-order valence-corrected chi connectivity index (χ1v) is 6.41. The predicted molar refractivity (Wildman–Crippen MR) is 66.5 cm³/mol. The molecule has 0 aromatic rings. The molecule has 1 fully saturated rings. The van der Waals surface area contributed by atoms with Crippen LogP contribution in [0.4, 0.5) is 0 Å². The topological polar surface area (TPSA) is 70.2 Å². The third-order valence-electron chi connectivity index (χ3n) is 2.82. The van der Waals surface area contributed by atoms with Gasteiger partial charge in [0.1, 0.15) is 0 Å². The molecule has 0 aromatic carbocycles. The van der Waals surface area contributed by atoms with Gasteiger partial charge in [-0.3, -0.25) is 9.59 Å². The lowest BCUT2D eigenvalue weighted by atomic mass is 10.1. The van der Waals surface area contributed by atoms with Crippen molar-refractivity contribution in [3.63, 3.8) is 0 Å². The fourth-order valence-corrected chi connectivity index (χ4v) is 1.49. The van der Waals surface area contributed by atoms with Crippen LogP contribution in [0.15, 0.2) is 0 Å². The van der Waals surface area contributed by atoms with Crippen LogP contribution in [0.25, 0.3) is 0 Å². The van der Waals surface area contributed by atoms with E-state index in [4.69, 9.17) is 0 Å². The highest BCUT2D eigenvalue weighted by molar-refractivity contribution is 5.81. The molecule has 0 bridgehead atoms. The molecule has 0 heterocycles. The van der Waals surface area contributed by atoms with Crippen LogP contribution in [-0.4, -0.2) is 38.0 Å². The van der Waals surface area contributed by atoms with E-state index in [1.807, 2.05) is 13.8 Å². The van der Waals surface area contributed by atoms with Crippen LogP contribution in [0.2, 0.25) is 0 Å². The number of carbonyl (C=O) groups excluding carboxylic acids is 2. The van der Waals surface area contributed by atoms with Crippen molar-refractivity contribution in [2.24, 2.45) is 11.8 Å². The van der Waals surface area contributed by atoms with Gasteiger partial charge >= 0.3 is 0 Å². The number of carbonyl (C=O) groups is 2. The fourth-order valence-electron chi connectivity index (χ4n) is 1.49. The van der Waals surface area contributed by atoms with E-state index in [-0.39, 0.29) is 23.7 Å². The minimum atomic E-state index is -0.0333. The summed E-state index contributed by atoms with van der Waals surface area (Å²) in [6, 6.07) is 0. The summed E-state index contributed by atoms with van der Waals surface area (Å²) in [4.78, 5) is 22.9. The van der Waals surface area contributed by atoms with Crippen LogP contribution in [0.3, 0.4) is 0 Å². The van der Waals surface area contributed by atoms with Gasteiger partial charge in [-0.1, -0.05) is 13.8 Å². The molecule has 1 unspecified atom stereocenters. The van der Waals surface area contributed by atoms with Crippen molar-refractivity contribution < 1.29 is 9.59 Å². The normalized spacial score (nSPS) is 16.4. The SMILES string of the molecule is CCNCC(C)C(=O)NCCNC(=O)C1CC1. The van der Waals surface area contributed by atoms with Crippen molar-refractivity contribution in [2.45, 2.75) is 26.7 Å². The van der Waals surface area contributed by atoms with Gasteiger partial charge in [-0.2, -0.15) is 0 Å². The van der Waals surface area contributed by atoms with Gasteiger partial charge in [0, 0.05) is 31.5 Å². The van der Waals surface area contributed by atoms with E-state index in [0.717, 1.165) is 19.4 Å². The van der Waals surface area contributed by atoms with Gasteiger partial charge in [-0.05, 0) is 19.4 Å². The Labute approximate surface area is 103 Å². The van der Waals surface area contributed by atoms with Gasteiger partial charge in [0.2, 0.25) is 11.8 Å². The average molecular weight is 241 g/mol. The molecular formula is C12H23N3O2. The first-order valence-electron chi connectivity index (χ1n) is 6.41. The van der Waals surface area contributed by atoms with Crippen LogP contribution in [0, 0.1) is 11.8 Å². The lowest BCUT2D eigenvalue weighted by Gasteiger charge is -2.12. The van der Waals surface area contributed by atoms with Crippen molar-refractivity contribution in [3.8, 4) is 0 Å². The maximum Gasteiger partial charge on any atom is 0.224 e. The standard InChI is InChI=1S/C12H23N3O2/c1-3-13-8-9(2)11(16)14-6-7-15-12(17)10-4-5-10/h9-10,13H,3-8H2,1-2H3,(H,14,16)(H,15,17). The molecule has 1 atom stereocenters. The third-order valence-corrected chi connectivity index (χ3v) is 2.82. The Balaban J connectivity index is 2.00. The molecular weight excluding hydrogens is 218 g/mol. The number of hydrogen-bond donors (Lipinski definition) is 3. The van der Waals surface area contributed by atoms with Crippen LogP contribution in [0.1, 0.15) is 26.7 Å². The summed E-state index contributed by atoms with van der Waals surface area (Å²) in [5.74, 6) is 0.360. The predicted octanol–water partition coefficient (Wildman–Crippen LogP) is -0.126. The van der Waals surface area contributed by atoms with E-state index in [1.54, 1.807) is 0 Å². The Bertz CT molecular complexity index is 264. The van der Waals surface area contributed by atoms with Gasteiger partial charge in [-0.15, -0.1) is 0 Å². The van der Waals surface area contributed by atoms with E-state index in [2.05, 4.69) is 16.0 Å². The van der Waals surface area contributed by atoms with Gasteiger partial charge in [0.25, 0.3) is 0 Å². The Morgan fingerprint density at radius 2 is 1.88 bits per heavy atom. The first-order chi connectivity index (χ1) is 8.15. The Kier molecular flexibility index (Phi) is 5.97. The smallest absolute Gasteiger partial charge is 0.224 e. The zero-order valence-corrected chi connectivity index (χ0v) is 10.7. The Morgan fingerprint density at radius 1 is 1.24 bits per heavy atom. The minimum absolute atomic E-state index is 0.0333. The maximum atomic E-state index is 11.6. The summed E-state index contributed by atoms with van der Waals surface area (Å²) >= 11 is 0. The fraction of sp³-hybridized carbons (Fsp3) is 0.833. The highest BCUT2D eigenvalue weighted by Gasteiger charge is 2.28. The van der Waals surface area contributed by atoms with Crippen molar-refractivity contribution in [3.05, 3.63) is 0 Å². The first kappa shape index (κ1) is 14.0. The molecule has 1 aliphatic rings. The maximum absolute atomic E-state index is 11.6. The molecule has 17 heavy (non-hydrogen) atoms. The van der Waals surface area contributed by atoms with Crippen LogP contribution >= 0.6 is 0 Å². The minimum Gasteiger partial charge on any atom is -0.354 e. The van der Waals surface area contributed by atoms with Crippen molar-refractivity contribution >= 4 is 11.8 Å². The molecule has 0 spiro atoms. The van der Waals surface area contributed by atoms with Crippen molar-refractivity contribution in [1.82, 2.24) is 16.0 Å². The number of amides is 2. The van der Waals surface area contributed by atoms with Crippen LogP contribution in [-0.2, 0) is 9.59 Å². The van der Waals surface area contributed by atoms with Gasteiger partial charge in [-0.25, -0.2) is 0 Å². The molecule has 0 aliphatic heterocycles. The monoisotopic (exact) mass is 241 g/mol. The zero-order valence-electron chi connectivity index (χ0n) is 10.7. The molecule has 98 valence electrons. The highest BCUT2D eigenvalue weighted by Crippen LogP contribution is 2.28. The molecule has 1 aliphatic carbocycles. The molecule has 0 aromatic heterocycles. The second-order valence-electron chi connectivity index (χ2n) is 4.57. The van der Waals surface area contributed by atoms with Crippen molar-refractivity contribution in [2.75, 3.05) is 26.2 Å².